The molecule has 1 aromatic carbocycles. The molecule has 0 bridgehead atoms. The van der Waals surface area contributed by atoms with Crippen LogP contribution in [0.15, 0.2) is 18.2 Å². The zero-order valence-electron chi connectivity index (χ0n) is 11.6. The number of amides is 1. The van der Waals surface area contributed by atoms with E-state index in [4.69, 9.17) is 27.4 Å². The maximum atomic E-state index is 13.7. The number of halogens is 1. The van der Waals surface area contributed by atoms with Gasteiger partial charge in [0.1, 0.15) is 5.41 Å². The van der Waals surface area contributed by atoms with E-state index in [0.717, 1.165) is 0 Å². The summed E-state index contributed by atoms with van der Waals surface area (Å²) in [5.41, 5.74) is 5.15. The molecule has 1 saturated heterocycles. The Hall–Kier alpha value is -1.73. The normalized spacial score (nSPS) is 17.0. The molecule has 2 rings (SSSR count). The summed E-state index contributed by atoms with van der Waals surface area (Å²) in [6.45, 7) is 0.837. The summed E-state index contributed by atoms with van der Waals surface area (Å²) in [6, 6.07) is 4.21. The van der Waals surface area contributed by atoms with Crippen molar-refractivity contribution in [3.05, 3.63) is 24.0 Å². The Labute approximate surface area is 127 Å². The standard InChI is InChI=1S/C14H17FN2O3S/c1-19-11-3-2-9(8-10(11)15)17-13(18)14(12(16)21)4-6-20-7-5-14/h2-3,8H,4-7H2,1H3,(H2,16,21)(H,17,18). The van der Waals surface area contributed by atoms with Crippen molar-refractivity contribution in [2.45, 2.75) is 12.8 Å². The number of carbonyl (C=O) groups is 1. The van der Waals surface area contributed by atoms with Crippen molar-refractivity contribution in [2.24, 2.45) is 11.1 Å². The molecule has 0 aromatic heterocycles. The zero-order valence-corrected chi connectivity index (χ0v) is 12.5. The van der Waals surface area contributed by atoms with Crippen LogP contribution in [-0.2, 0) is 9.53 Å². The van der Waals surface area contributed by atoms with Crippen LogP contribution in [0.4, 0.5) is 10.1 Å². The van der Waals surface area contributed by atoms with E-state index in [-0.39, 0.29) is 16.6 Å². The first-order chi connectivity index (χ1) is 9.99. The number of nitrogens with one attached hydrogen (secondary N) is 1. The Kier molecular flexibility index (Phi) is 4.74. The lowest BCUT2D eigenvalue weighted by Crippen LogP contribution is -2.49. The molecule has 0 aliphatic carbocycles. The lowest BCUT2D eigenvalue weighted by molar-refractivity contribution is -0.126. The molecule has 7 heteroatoms. The summed E-state index contributed by atoms with van der Waals surface area (Å²) < 4.78 is 23.7. The minimum absolute atomic E-state index is 0.114. The summed E-state index contributed by atoms with van der Waals surface area (Å²) >= 11 is 5.05. The Morgan fingerprint density at radius 2 is 2.14 bits per heavy atom. The molecule has 1 aliphatic heterocycles. The van der Waals surface area contributed by atoms with Gasteiger partial charge < -0.3 is 20.5 Å². The number of benzene rings is 1. The number of rotatable bonds is 4. The number of methoxy groups -OCH3 is 1. The van der Waals surface area contributed by atoms with Crippen molar-refractivity contribution in [2.75, 3.05) is 25.6 Å². The van der Waals surface area contributed by atoms with Crippen LogP contribution < -0.4 is 15.8 Å². The number of carbonyl (C=O) groups excluding carboxylic acids is 1. The molecule has 1 aliphatic rings. The summed E-state index contributed by atoms with van der Waals surface area (Å²) in [6.07, 6.45) is 0.847. The van der Waals surface area contributed by atoms with Crippen LogP contribution >= 0.6 is 12.2 Å². The Balaban J connectivity index is 2.19. The molecule has 0 atom stereocenters. The minimum Gasteiger partial charge on any atom is -0.494 e. The van der Waals surface area contributed by atoms with Gasteiger partial charge in [-0.25, -0.2) is 4.39 Å². The van der Waals surface area contributed by atoms with Crippen LogP contribution in [0.2, 0.25) is 0 Å². The van der Waals surface area contributed by atoms with Crippen LogP contribution in [0.3, 0.4) is 0 Å². The smallest absolute Gasteiger partial charge is 0.237 e. The molecule has 114 valence electrons. The van der Waals surface area contributed by atoms with Gasteiger partial charge in [-0.15, -0.1) is 0 Å². The average Bonchev–Trinajstić information content (AvgIpc) is 2.48. The van der Waals surface area contributed by atoms with E-state index in [2.05, 4.69) is 5.32 Å². The lowest BCUT2D eigenvalue weighted by Gasteiger charge is -2.34. The van der Waals surface area contributed by atoms with Gasteiger partial charge in [-0.1, -0.05) is 12.2 Å². The maximum Gasteiger partial charge on any atom is 0.237 e. The van der Waals surface area contributed by atoms with Gasteiger partial charge in [-0.3, -0.25) is 4.79 Å². The van der Waals surface area contributed by atoms with Gasteiger partial charge in [-0.05, 0) is 25.0 Å². The van der Waals surface area contributed by atoms with Crippen molar-refractivity contribution in [3.8, 4) is 5.75 Å². The highest BCUT2D eigenvalue weighted by atomic mass is 32.1. The number of hydrogen-bond donors (Lipinski definition) is 2. The van der Waals surface area contributed by atoms with E-state index < -0.39 is 11.2 Å². The molecule has 1 amide bonds. The van der Waals surface area contributed by atoms with Crippen LogP contribution in [0.1, 0.15) is 12.8 Å². The fourth-order valence-corrected chi connectivity index (χ4v) is 2.60. The topological polar surface area (TPSA) is 73.6 Å². The third-order valence-corrected chi connectivity index (χ3v) is 4.05. The molecule has 1 heterocycles. The molecule has 5 nitrogen and oxygen atoms in total. The van der Waals surface area contributed by atoms with Gasteiger partial charge >= 0.3 is 0 Å². The number of ether oxygens (including phenoxy) is 2. The number of nitrogens with two attached hydrogens (primary N) is 1. The third kappa shape index (κ3) is 3.14. The van der Waals surface area contributed by atoms with Gasteiger partial charge in [-0.2, -0.15) is 0 Å². The minimum atomic E-state index is -0.940. The molecule has 0 spiro atoms. The molecule has 0 radical (unpaired) electrons. The highest BCUT2D eigenvalue weighted by Crippen LogP contribution is 2.33. The predicted octanol–water partition coefficient (Wildman–Crippen LogP) is 1.86. The van der Waals surface area contributed by atoms with Crippen molar-refractivity contribution >= 4 is 28.8 Å². The molecule has 0 saturated carbocycles. The zero-order chi connectivity index (χ0) is 15.5. The second-order valence-corrected chi connectivity index (χ2v) is 5.30. The van der Waals surface area contributed by atoms with Crippen molar-refractivity contribution in [3.63, 3.8) is 0 Å². The van der Waals surface area contributed by atoms with Gasteiger partial charge in [0.25, 0.3) is 0 Å². The molecule has 1 aromatic rings. The highest BCUT2D eigenvalue weighted by molar-refractivity contribution is 7.80. The van der Waals surface area contributed by atoms with Gasteiger partial charge in [0.2, 0.25) is 5.91 Å². The molecular formula is C14H17FN2O3S. The van der Waals surface area contributed by atoms with Crippen LogP contribution in [0.5, 0.6) is 5.75 Å². The van der Waals surface area contributed by atoms with E-state index in [1.165, 1.54) is 19.2 Å². The SMILES string of the molecule is COc1ccc(NC(=O)C2(C(N)=S)CCOCC2)cc1F. The Morgan fingerprint density at radius 1 is 1.48 bits per heavy atom. The second kappa shape index (κ2) is 6.36. The highest BCUT2D eigenvalue weighted by Gasteiger charge is 2.43. The first-order valence-electron chi connectivity index (χ1n) is 6.52. The van der Waals surface area contributed by atoms with Gasteiger partial charge in [0.15, 0.2) is 11.6 Å². The quantitative estimate of drug-likeness (QED) is 0.830. The first kappa shape index (κ1) is 15.7. The fraction of sp³-hybridized carbons (Fsp3) is 0.429. The second-order valence-electron chi connectivity index (χ2n) is 4.86. The first-order valence-corrected chi connectivity index (χ1v) is 6.93. The summed E-state index contributed by atoms with van der Waals surface area (Å²) in [4.78, 5) is 12.6. The summed E-state index contributed by atoms with van der Waals surface area (Å²) in [5.74, 6) is -0.766. The fourth-order valence-electron chi connectivity index (χ4n) is 2.30. The molecule has 21 heavy (non-hydrogen) atoms. The molecule has 1 fully saturated rings. The molecular weight excluding hydrogens is 295 g/mol. The van der Waals surface area contributed by atoms with Crippen LogP contribution in [0, 0.1) is 11.2 Å². The lowest BCUT2D eigenvalue weighted by atomic mass is 9.79. The van der Waals surface area contributed by atoms with Gasteiger partial charge in [0.05, 0.1) is 12.1 Å². The molecule has 0 unspecified atom stereocenters. The van der Waals surface area contributed by atoms with Crippen molar-refractivity contribution in [1.29, 1.82) is 0 Å². The molecule has 3 N–H and O–H groups in total. The van der Waals surface area contributed by atoms with Crippen LogP contribution in [0.25, 0.3) is 0 Å². The number of thiocarbonyl (C=S) groups is 1. The average molecular weight is 312 g/mol. The summed E-state index contributed by atoms with van der Waals surface area (Å²) in [7, 11) is 1.38. The third-order valence-electron chi connectivity index (χ3n) is 3.66. The van der Waals surface area contributed by atoms with Crippen molar-refractivity contribution < 1.29 is 18.7 Å². The number of hydrogen-bond acceptors (Lipinski definition) is 4. The Bertz CT molecular complexity index is 559. The van der Waals surface area contributed by atoms with Crippen LogP contribution in [-0.4, -0.2) is 31.2 Å². The van der Waals surface area contributed by atoms with E-state index in [9.17, 15) is 9.18 Å². The predicted molar refractivity (Wildman–Crippen MR) is 80.9 cm³/mol. The van der Waals surface area contributed by atoms with E-state index in [1.807, 2.05) is 0 Å². The van der Waals surface area contributed by atoms with E-state index in [1.54, 1.807) is 6.07 Å². The Morgan fingerprint density at radius 3 is 2.67 bits per heavy atom. The summed E-state index contributed by atoms with van der Waals surface area (Å²) in [5, 5.41) is 2.67. The van der Waals surface area contributed by atoms with E-state index >= 15 is 0 Å². The van der Waals surface area contributed by atoms with Crippen molar-refractivity contribution in [1.82, 2.24) is 0 Å². The monoisotopic (exact) mass is 312 g/mol. The van der Waals surface area contributed by atoms with Gasteiger partial charge in [0, 0.05) is 25.0 Å². The maximum absolute atomic E-state index is 13.7. The van der Waals surface area contributed by atoms with E-state index in [0.29, 0.717) is 31.7 Å². The largest absolute Gasteiger partial charge is 0.494 e. The number of anilines is 1.